The maximum Gasteiger partial charge on any atom is 0.0691 e. The van der Waals surface area contributed by atoms with Gasteiger partial charge in [-0.1, -0.05) is 39.0 Å². The van der Waals surface area contributed by atoms with Gasteiger partial charge in [0.25, 0.3) is 0 Å². The van der Waals surface area contributed by atoms with Crippen LogP contribution in [0.2, 0.25) is 0 Å². The summed E-state index contributed by atoms with van der Waals surface area (Å²) in [6, 6.07) is 2.53. The average Bonchev–Trinajstić information content (AvgIpc) is 2.30. The fraction of sp³-hybridized carbons (Fsp3) is 0.923. The van der Waals surface area contributed by atoms with Crippen molar-refractivity contribution in [1.29, 1.82) is 5.26 Å². The van der Waals surface area contributed by atoms with Crippen LogP contribution in [0.5, 0.6) is 0 Å². The van der Waals surface area contributed by atoms with E-state index >= 15 is 0 Å². The molecule has 0 radical (unpaired) electrons. The smallest absolute Gasteiger partial charge is 0.0691 e. The molecule has 0 unspecified atom stereocenters. The molecule has 0 spiro atoms. The summed E-state index contributed by atoms with van der Waals surface area (Å²) in [6.45, 7) is 3.79. The number of nitrogens with zero attached hydrogens (tertiary/aromatic N) is 1. The van der Waals surface area contributed by atoms with Crippen molar-refractivity contribution in [3.63, 3.8) is 0 Å². The van der Waals surface area contributed by atoms with E-state index in [1.165, 1.54) is 32.1 Å². The van der Waals surface area contributed by atoms with Crippen molar-refractivity contribution in [1.82, 2.24) is 0 Å². The first kappa shape index (κ1) is 12.5. The second-order valence-electron chi connectivity index (χ2n) is 4.67. The van der Waals surface area contributed by atoms with E-state index in [0.29, 0.717) is 0 Å². The van der Waals surface area contributed by atoms with E-state index in [1.54, 1.807) is 0 Å². The second kappa shape index (κ2) is 6.85. The third-order valence-corrected chi connectivity index (χ3v) is 3.45. The Balaban J connectivity index is 2.19. The van der Waals surface area contributed by atoms with Gasteiger partial charge < -0.3 is 4.74 Å². The lowest BCUT2D eigenvalue weighted by Gasteiger charge is -2.30. The number of ether oxygens (including phenoxy) is 1. The summed E-state index contributed by atoms with van der Waals surface area (Å²) >= 11 is 0. The van der Waals surface area contributed by atoms with Crippen molar-refractivity contribution in [2.45, 2.75) is 58.3 Å². The Morgan fingerprint density at radius 1 is 1.13 bits per heavy atom. The van der Waals surface area contributed by atoms with Gasteiger partial charge in [0.05, 0.1) is 11.5 Å². The number of hydrogen-bond acceptors (Lipinski definition) is 2. The van der Waals surface area contributed by atoms with Crippen molar-refractivity contribution < 1.29 is 4.74 Å². The van der Waals surface area contributed by atoms with E-state index in [2.05, 4.69) is 13.0 Å². The zero-order valence-corrected chi connectivity index (χ0v) is 9.93. The highest BCUT2D eigenvalue weighted by atomic mass is 16.5. The zero-order chi connectivity index (χ0) is 11.0. The molecule has 86 valence electrons. The van der Waals surface area contributed by atoms with Crippen molar-refractivity contribution in [2.24, 2.45) is 5.41 Å². The molecule has 15 heavy (non-hydrogen) atoms. The largest absolute Gasteiger partial charge is 0.381 e. The van der Waals surface area contributed by atoms with Crippen LogP contribution in [0.4, 0.5) is 0 Å². The van der Waals surface area contributed by atoms with E-state index < -0.39 is 0 Å². The van der Waals surface area contributed by atoms with Gasteiger partial charge in [-0.15, -0.1) is 0 Å². The monoisotopic (exact) mass is 209 g/mol. The molecule has 0 atom stereocenters. The van der Waals surface area contributed by atoms with Gasteiger partial charge in [-0.3, -0.25) is 0 Å². The molecule has 0 aliphatic carbocycles. The fourth-order valence-corrected chi connectivity index (χ4v) is 2.25. The maximum atomic E-state index is 9.24. The molecule has 0 bridgehead atoms. The van der Waals surface area contributed by atoms with Gasteiger partial charge in [0.15, 0.2) is 0 Å². The first-order valence-corrected chi connectivity index (χ1v) is 6.32. The Bertz CT molecular complexity index is 201. The maximum absolute atomic E-state index is 9.24. The lowest BCUT2D eigenvalue weighted by atomic mass is 9.77. The van der Waals surface area contributed by atoms with Gasteiger partial charge >= 0.3 is 0 Å². The normalized spacial score (nSPS) is 19.7. The molecule has 1 rings (SSSR count). The number of hydrogen-bond donors (Lipinski definition) is 0. The van der Waals surface area contributed by atoms with Crippen LogP contribution >= 0.6 is 0 Å². The minimum absolute atomic E-state index is 0.0511. The number of unbranched alkanes of at least 4 members (excludes halogenated alkanes) is 4. The number of nitriles is 1. The van der Waals surface area contributed by atoms with Crippen molar-refractivity contribution >= 4 is 0 Å². The summed E-state index contributed by atoms with van der Waals surface area (Å²) in [5.41, 5.74) is -0.0511. The van der Waals surface area contributed by atoms with Gasteiger partial charge in [0, 0.05) is 13.2 Å². The molecule has 0 aromatic carbocycles. The number of rotatable bonds is 6. The van der Waals surface area contributed by atoms with E-state index in [0.717, 1.165) is 32.5 Å². The third-order valence-electron chi connectivity index (χ3n) is 3.45. The SMILES string of the molecule is CCCCCCCC1(C#N)CCOCC1. The summed E-state index contributed by atoms with van der Waals surface area (Å²) in [7, 11) is 0. The Labute approximate surface area is 93.6 Å². The highest BCUT2D eigenvalue weighted by Crippen LogP contribution is 2.35. The zero-order valence-electron chi connectivity index (χ0n) is 9.93. The van der Waals surface area contributed by atoms with E-state index in [9.17, 15) is 5.26 Å². The van der Waals surface area contributed by atoms with Gasteiger partial charge in [0.2, 0.25) is 0 Å². The standard InChI is InChI=1S/C13H23NO/c1-2-3-4-5-6-7-13(12-14)8-10-15-11-9-13/h2-11H2,1H3. The highest BCUT2D eigenvalue weighted by Gasteiger charge is 2.31. The molecular weight excluding hydrogens is 186 g/mol. The van der Waals surface area contributed by atoms with E-state index in [-0.39, 0.29) is 5.41 Å². The highest BCUT2D eigenvalue weighted by molar-refractivity contribution is 4.99. The summed E-state index contributed by atoms with van der Waals surface area (Å²) in [6.07, 6.45) is 9.42. The van der Waals surface area contributed by atoms with Gasteiger partial charge in [0.1, 0.15) is 0 Å². The minimum Gasteiger partial charge on any atom is -0.381 e. The van der Waals surface area contributed by atoms with Crippen LogP contribution in [0.15, 0.2) is 0 Å². The van der Waals surface area contributed by atoms with Crippen LogP contribution in [-0.4, -0.2) is 13.2 Å². The minimum atomic E-state index is -0.0511. The van der Waals surface area contributed by atoms with E-state index in [1.807, 2.05) is 0 Å². The molecule has 2 nitrogen and oxygen atoms in total. The second-order valence-corrected chi connectivity index (χ2v) is 4.67. The lowest BCUT2D eigenvalue weighted by molar-refractivity contribution is 0.0359. The van der Waals surface area contributed by atoms with Crippen molar-refractivity contribution in [3.8, 4) is 6.07 Å². The summed E-state index contributed by atoms with van der Waals surface area (Å²) < 4.78 is 5.32. The summed E-state index contributed by atoms with van der Waals surface area (Å²) in [4.78, 5) is 0. The molecule has 0 amide bonds. The van der Waals surface area contributed by atoms with Crippen LogP contribution in [0, 0.1) is 16.7 Å². The molecule has 1 fully saturated rings. The quantitative estimate of drug-likeness (QED) is 0.625. The van der Waals surface area contributed by atoms with Crippen LogP contribution in [-0.2, 0) is 4.74 Å². The molecular formula is C13H23NO. The van der Waals surface area contributed by atoms with Crippen molar-refractivity contribution in [3.05, 3.63) is 0 Å². The van der Waals surface area contributed by atoms with Gasteiger partial charge in [-0.25, -0.2) is 0 Å². The molecule has 1 aliphatic rings. The van der Waals surface area contributed by atoms with Crippen LogP contribution in [0.25, 0.3) is 0 Å². The Morgan fingerprint density at radius 2 is 1.80 bits per heavy atom. The van der Waals surface area contributed by atoms with Crippen molar-refractivity contribution in [2.75, 3.05) is 13.2 Å². The summed E-state index contributed by atoms with van der Waals surface area (Å²) in [5.74, 6) is 0. The average molecular weight is 209 g/mol. The topological polar surface area (TPSA) is 33.0 Å². The first-order valence-electron chi connectivity index (χ1n) is 6.32. The Morgan fingerprint density at radius 3 is 2.40 bits per heavy atom. The molecule has 1 aliphatic heterocycles. The van der Waals surface area contributed by atoms with Crippen LogP contribution in [0.1, 0.15) is 58.3 Å². The predicted octanol–water partition coefficient (Wildman–Crippen LogP) is 3.67. The lowest BCUT2D eigenvalue weighted by Crippen LogP contribution is -2.28. The molecule has 1 heterocycles. The molecule has 0 aromatic heterocycles. The molecule has 1 saturated heterocycles. The molecule has 0 aromatic rings. The van der Waals surface area contributed by atoms with Crippen LogP contribution in [0.3, 0.4) is 0 Å². The Kier molecular flexibility index (Phi) is 5.71. The fourth-order valence-electron chi connectivity index (χ4n) is 2.25. The van der Waals surface area contributed by atoms with E-state index in [4.69, 9.17) is 4.74 Å². The molecule has 0 N–H and O–H groups in total. The van der Waals surface area contributed by atoms with Crippen LogP contribution < -0.4 is 0 Å². The molecule has 0 saturated carbocycles. The van der Waals surface area contributed by atoms with Gasteiger partial charge in [-0.05, 0) is 19.3 Å². The first-order chi connectivity index (χ1) is 7.33. The Hall–Kier alpha value is -0.550. The third kappa shape index (κ3) is 4.22. The molecule has 2 heteroatoms. The van der Waals surface area contributed by atoms with Gasteiger partial charge in [-0.2, -0.15) is 5.26 Å². The predicted molar refractivity (Wildman–Crippen MR) is 61.5 cm³/mol. The summed E-state index contributed by atoms with van der Waals surface area (Å²) in [5, 5.41) is 9.24.